The Kier molecular flexibility index (Phi) is 9.39. The Morgan fingerprint density at radius 1 is 1.10 bits per heavy atom. The third kappa shape index (κ3) is 5.61. The Bertz CT molecular complexity index is 877. The molecule has 1 aromatic heterocycles. The lowest BCUT2D eigenvalue weighted by molar-refractivity contribution is -0.120. The molecule has 0 unspecified atom stereocenters. The summed E-state index contributed by atoms with van der Waals surface area (Å²) in [5.41, 5.74) is 0.367. The molecule has 0 aliphatic carbocycles. The number of tetrazole rings is 1. The largest absolute Gasteiger partial charge is 0.382 e. The predicted octanol–water partition coefficient (Wildman–Crippen LogP) is 1.96. The highest BCUT2D eigenvalue weighted by Gasteiger charge is 2.42. The second-order valence-electron chi connectivity index (χ2n) is 7.72. The van der Waals surface area contributed by atoms with Crippen molar-refractivity contribution in [2.75, 3.05) is 38.3 Å². The van der Waals surface area contributed by atoms with Crippen molar-refractivity contribution in [3.63, 3.8) is 0 Å². The number of para-hydroxylation sites is 1. The smallest absolute Gasteiger partial charge is 0.363 e. The standard InChI is InChI=1S/C21H32N6O3.BrH/c1-4-19(28)27(18-9-7-6-8-10-18)21(17-30-3)11-13-24(14-12-21)15-16-26-20(29)25(5-2)22-23-26;/h6-10H,4-5,11-17H2,1-3H3;1H. The first-order valence-electron chi connectivity index (χ1n) is 10.6. The molecule has 1 aromatic carbocycles. The number of anilines is 1. The van der Waals surface area contributed by atoms with Crippen LogP contribution in [0, 0.1) is 0 Å². The molecule has 172 valence electrons. The lowest BCUT2D eigenvalue weighted by Crippen LogP contribution is -2.60. The Labute approximate surface area is 193 Å². The summed E-state index contributed by atoms with van der Waals surface area (Å²) < 4.78 is 8.37. The first kappa shape index (κ1) is 25.2. The number of aryl methyl sites for hydroxylation is 1. The Morgan fingerprint density at radius 2 is 1.74 bits per heavy atom. The molecule has 0 radical (unpaired) electrons. The van der Waals surface area contributed by atoms with Gasteiger partial charge in [-0.05, 0) is 42.3 Å². The monoisotopic (exact) mass is 496 g/mol. The molecule has 3 rings (SSSR count). The van der Waals surface area contributed by atoms with Crippen molar-refractivity contribution in [1.82, 2.24) is 24.7 Å². The van der Waals surface area contributed by atoms with Gasteiger partial charge in [0.1, 0.15) is 0 Å². The summed E-state index contributed by atoms with van der Waals surface area (Å²) in [7, 11) is 1.69. The first-order chi connectivity index (χ1) is 14.5. The highest BCUT2D eigenvalue weighted by Crippen LogP contribution is 2.34. The fourth-order valence-electron chi connectivity index (χ4n) is 4.19. The number of benzene rings is 1. The molecule has 0 spiro atoms. The molecule has 1 amide bonds. The van der Waals surface area contributed by atoms with Gasteiger partial charge in [0.2, 0.25) is 5.91 Å². The van der Waals surface area contributed by atoms with Crippen LogP contribution in [0.5, 0.6) is 0 Å². The zero-order chi connectivity index (χ0) is 21.6. The van der Waals surface area contributed by atoms with Gasteiger partial charge in [-0.3, -0.25) is 4.79 Å². The van der Waals surface area contributed by atoms with Crippen molar-refractivity contribution in [3.8, 4) is 0 Å². The van der Waals surface area contributed by atoms with E-state index in [9.17, 15) is 9.59 Å². The van der Waals surface area contributed by atoms with E-state index in [0.29, 0.717) is 26.1 Å². The van der Waals surface area contributed by atoms with Crippen molar-refractivity contribution in [2.45, 2.75) is 51.7 Å². The molecule has 0 bridgehead atoms. The zero-order valence-corrected chi connectivity index (χ0v) is 20.3. The Balaban J connectivity index is 0.00000341. The lowest BCUT2D eigenvalue weighted by Gasteiger charge is -2.48. The number of amides is 1. The third-order valence-corrected chi connectivity index (χ3v) is 5.87. The molecule has 10 heteroatoms. The van der Waals surface area contributed by atoms with E-state index in [4.69, 9.17) is 4.74 Å². The third-order valence-electron chi connectivity index (χ3n) is 5.87. The molecule has 0 saturated carbocycles. The fraction of sp³-hybridized carbons (Fsp3) is 0.619. The maximum Gasteiger partial charge on any atom is 0.363 e. The van der Waals surface area contributed by atoms with Crippen LogP contribution in [-0.2, 0) is 22.6 Å². The Hall–Kier alpha value is -2.04. The van der Waals surface area contributed by atoms with E-state index in [1.54, 1.807) is 7.11 Å². The van der Waals surface area contributed by atoms with Crippen LogP contribution in [0.2, 0.25) is 0 Å². The van der Waals surface area contributed by atoms with Gasteiger partial charge in [-0.25, -0.2) is 4.79 Å². The minimum Gasteiger partial charge on any atom is -0.382 e. The van der Waals surface area contributed by atoms with E-state index in [1.165, 1.54) is 9.36 Å². The molecule has 31 heavy (non-hydrogen) atoms. The van der Waals surface area contributed by atoms with Crippen LogP contribution in [0.4, 0.5) is 5.69 Å². The van der Waals surface area contributed by atoms with Crippen LogP contribution >= 0.6 is 17.0 Å². The molecule has 0 atom stereocenters. The molecule has 2 heterocycles. The topological polar surface area (TPSA) is 85.5 Å². The molecule has 1 aliphatic heterocycles. The highest BCUT2D eigenvalue weighted by molar-refractivity contribution is 8.93. The van der Waals surface area contributed by atoms with Crippen LogP contribution in [0.3, 0.4) is 0 Å². The summed E-state index contributed by atoms with van der Waals surface area (Å²) in [5, 5.41) is 7.82. The molecule has 1 fully saturated rings. The van der Waals surface area contributed by atoms with Gasteiger partial charge < -0.3 is 14.5 Å². The van der Waals surface area contributed by atoms with Gasteiger partial charge in [-0.2, -0.15) is 9.36 Å². The van der Waals surface area contributed by atoms with E-state index in [1.807, 2.05) is 49.1 Å². The van der Waals surface area contributed by atoms with Crippen LogP contribution in [-0.4, -0.2) is 69.5 Å². The normalized spacial score (nSPS) is 16.0. The summed E-state index contributed by atoms with van der Waals surface area (Å²) in [6.07, 6.45) is 2.05. The number of hydrogen-bond acceptors (Lipinski definition) is 6. The quantitative estimate of drug-likeness (QED) is 0.527. The number of methoxy groups -OCH3 is 1. The van der Waals surface area contributed by atoms with Crippen LogP contribution in [0.15, 0.2) is 35.1 Å². The maximum atomic E-state index is 13.0. The number of carbonyl (C=O) groups excluding carboxylic acids is 1. The molecule has 9 nitrogen and oxygen atoms in total. The zero-order valence-electron chi connectivity index (χ0n) is 18.6. The highest BCUT2D eigenvalue weighted by atomic mass is 79.9. The number of carbonyl (C=O) groups is 1. The number of rotatable bonds is 9. The van der Waals surface area contributed by atoms with E-state index in [0.717, 1.165) is 38.2 Å². The minimum atomic E-state index is -0.373. The van der Waals surface area contributed by atoms with Gasteiger partial charge in [0, 0.05) is 45.4 Å². The summed E-state index contributed by atoms with van der Waals surface area (Å²) >= 11 is 0. The van der Waals surface area contributed by atoms with Crippen molar-refractivity contribution >= 4 is 28.6 Å². The summed E-state index contributed by atoms with van der Waals surface area (Å²) in [6.45, 7) is 7.64. The first-order valence-corrected chi connectivity index (χ1v) is 10.6. The van der Waals surface area contributed by atoms with E-state index < -0.39 is 0 Å². The van der Waals surface area contributed by atoms with Crippen LogP contribution < -0.4 is 10.6 Å². The lowest BCUT2D eigenvalue weighted by atomic mass is 9.85. The van der Waals surface area contributed by atoms with E-state index in [-0.39, 0.29) is 34.1 Å². The molecule has 0 N–H and O–H groups in total. The number of hydrogen-bond donors (Lipinski definition) is 0. The number of likely N-dealkylation sites (tertiary alicyclic amines) is 1. The number of nitrogens with zero attached hydrogens (tertiary/aromatic N) is 6. The molecular formula is C21H33BrN6O3. The number of halogens is 1. The van der Waals surface area contributed by atoms with Crippen LogP contribution in [0.25, 0.3) is 0 Å². The van der Waals surface area contributed by atoms with Gasteiger partial charge >= 0.3 is 5.69 Å². The second kappa shape index (κ2) is 11.5. The molecule has 2 aromatic rings. The SMILES string of the molecule is Br.CCC(=O)N(c1ccccc1)C1(COC)CCN(CCn2nnn(CC)c2=O)CC1. The van der Waals surface area contributed by atoms with Crippen molar-refractivity contribution in [3.05, 3.63) is 40.8 Å². The number of ether oxygens (including phenoxy) is 1. The van der Waals surface area contributed by atoms with Gasteiger partial charge in [-0.1, -0.05) is 25.1 Å². The summed E-state index contributed by atoms with van der Waals surface area (Å²) in [6, 6.07) is 9.85. The number of piperidine rings is 1. The second-order valence-corrected chi connectivity index (χ2v) is 7.72. The van der Waals surface area contributed by atoms with Gasteiger partial charge in [0.15, 0.2) is 0 Å². The summed E-state index contributed by atoms with van der Waals surface area (Å²) in [5.74, 6) is 0.106. The molecular weight excluding hydrogens is 464 g/mol. The van der Waals surface area contributed by atoms with Crippen molar-refractivity contribution in [1.29, 1.82) is 0 Å². The van der Waals surface area contributed by atoms with Gasteiger partial charge in [0.05, 0.1) is 18.7 Å². The molecule has 1 saturated heterocycles. The van der Waals surface area contributed by atoms with Crippen LogP contribution in [0.1, 0.15) is 33.1 Å². The van der Waals surface area contributed by atoms with Crippen molar-refractivity contribution < 1.29 is 9.53 Å². The predicted molar refractivity (Wildman–Crippen MR) is 125 cm³/mol. The van der Waals surface area contributed by atoms with E-state index in [2.05, 4.69) is 15.3 Å². The van der Waals surface area contributed by atoms with Crippen molar-refractivity contribution in [2.24, 2.45) is 0 Å². The number of aromatic nitrogens is 4. The summed E-state index contributed by atoms with van der Waals surface area (Å²) in [4.78, 5) is 29.4. The average Bonchev–Trinajstić information content (AvgIpc) is 3.13. The molecule has 1 aliphatic rings. The maximum absolute atomic E-state index is 13.0. The van der Waals surface area contributed by atoms with Gasteiger partial charge in [-0.15, -0.1) is 17.0 Å². The Morgan fingerprint density at radius 3 is 2.29 bits per heavy atom. The minimum absolute atomic E-state index is 0. The van der Waals surface area contributed by atoms with Gasteiger partial charge in [0.25, 0.3) is 0 Å². The fourth-order valence-corrected chi connectivity index (χ4v) is 4.19. The average molecular weight is 497 g/mol. The van der Waals surface area contributed by atoms with E-state index >= 15 is 0 Å².